The molecule has 140 valence electrons. The number of nitrogens with zero attached hydrogens (tertiary/aromatic N) is 2. The van der Waals surface area contributed by atoms with Gasteiger partial charge in [-0.1, -0.05) is 19.8 Å². The van der Waals surface area contributed by atoms with Crippen molar-refractivity contribution >= 4 is 15.2 Å². The second kappa shape index (κ2) is 8.72. The first-order valence-corrected chi connectivity index (χ1v) is 11.1. The Balaban J connectivity index is 2.50. The Labute approximate surface area is 141 Å². The third kappa shape index (κ3) is 5.49. The second-order valence-electron chi connectivity index (χ2n) is 5.81. The first kappa shape index (κ1) is 21.5. The number of hydrogen-bond acceptors (Lipinski definition) is 4. The lowest BCUT2D eigenvalue weighted by molar-refractivity contribution is 0.120. The molecular weight excluding hydrogens is 358 g/mol. The van der Waals surface area contributed by atoms with Crippen LogP contribution in [0.15, 0.2) is 12.4 Å². The van der Waals surface area contributed by atoms with Gasteiger partial charge in [0.2, 0.25) is 0 Å². The standard InChI is InChI=1S/C13H26N2O7P2/c1-2-3-7-12-14-9-11-15(12)10-6-4-5-8-13(16,23(17,18)19)24(20,21)22/h9,11,16H,2-8,10H2,1H3,(H2,17,18,19)(H2,20,21,22). The van der Waals surface area contributed by atoms with E-state index in [-0.39, 0.29) is 6.42 Å². The molecule has 0 aliphatic carbocycles. The van der Waals surface area contributed by atoms with Crippen molar-refractivity contribution in [3.8, 4) is 0 Å². The summed E-state index contributed by atoms with van der Waals surface area (Å²) in [6.45, 7) is 2.75. The molecule has 0 aliphatic rings. The molecule has 0 bridgehead atoms. The highest BCUT2D eigenvalue weighted by Crippen LogP contribution is 2.69. The Hall–Kier alpha value is -0.530. The number of aromatic nitrogens is 2. The third-order valence-corrected chi connectivity index (χ3v) is 7.78. The van der Waals surface area contributed by atoms with E-state index in [1.54, 1.807) is 6.20 Å². The zero-order chi connectivity index (χ0) is 18.4. The maximum Gasteiger partial charge on any atom is 0.369 e. The van der Waals surface area contributed by atoms with Crippen molar-refractivity contribution in [2.24, 2.45) is 0 Å². The number of imidazole rings is 1. The summed E-state index contributed by atoms with van der Waals surface area (Å²) in [5.74, 6) is 0.971. The van der Waals surface area contributed by atoms with Gasteiger partial charge in [0.15, 0.2) is 0 Å². The molecule has 24 heavy (non-hydrogen) atoms. The van der Waals surface area contributed by atoms with E-state index in [0.717, 1.165) is 25.1 Å². The first-order valence-electron chi connectivity index (χ1n) is 7.86. The molecule has 0 spiro atoms. The summed E-state index contributed by atoms with van der Waals surface area (Å²) in [4.78, 5) is 40.5. The van der Waals surface area contributed by atoms with Gasteiger partial charge in [-0.25, -0.2) is 4.98 Å². The summed E-state index contributed by atoms with van der Waals surface area (Å²) in [5, 5.41) is 6.46. The fourth-order valence-electron chi connectivity index (χ4n) is 2.39. The minimum Gasteiger partial charge on any atom is -0.368 e. The van der Waals surface area contributed by atoms with Crippen molar-refractivity contribution in [3.05, 3.63) is 18.2 Å². The van der Waals surface area contributed by atoms with Gasteiger partial charge in [0.25, 0.3) is 5.08 Å². The SMILES string of the molecule is CCCCc1nccn1CCCCCC(O)(P(=O)(O)O)P(=O)(O)O. The van der Waals surface area contributed by atoms with Gasteiger partial charge < -0.3 is 29.2 Å². The molecule has 0 atom stereocenters. The van der Waals surface area contributed by atoms with Crippen LogP contribution in [0, 0.1) is 0 Å². The summed E-state index contributed by atoms with van der Waals surface area (Å²) in [6, 6.07) is 0. The van der Waals surface area contributed by atoms with E-state index in [1.165, 1.54) is 0 Å². The van der Waals surface area contributed by atoms with Gasteiger partial charge in [0, 0.05) is 25.4 Å². The maximum absolute atomic E-state index is 11.2. The van der Waals surface area contributed by atoms with E-state index in [9.17, 15) is 14.2 Å². The van der Waals surface area contributed by atoms with Crippen LogP contribution in [0.25, 0.3) is 0 Å². The van der Waals surface area contributed by atoms with E-state index in [1.807, 2.05) is 10.8 Å². The van der Waals surface area contributed by atoms with Crippen LogP contribution in [-0.4, -0.2) is 39.3 Å². The van der Waals surface area contributed by atoms with Crippen molar-refractivity contribution in [1.29, 1.82) is 0 Å². The smallest absolute Gasteiger partial charge is 0.368 e. The van der Waals surface area contributed by atoms with E-state index >= 15 is 0 Å². The predicted molar refractivity (Wildman–Crippen MR) is 88.3 cm³/mol. The molecule has 0 radical (unpaired) electrons. The lowest BCUT2D eigenvalue weighted by atomic mass is 10.2. The molecule has 0 fully saturated rings. The minimum absolute atomic E-state index is 0.0890. The van der Waals surface area contributed by atoms with Gasteiger partial charge in [0.1, 0.15) is 5.82 Å². The molecule has 1 rings (SSSR count). The highest BCUT2D eigenvalue weighted by atomic mass is 31.2. The van der Waals surface area contributed by atoms with Crippen molar-refractivity contribution in [1.82, 2.24) is 9.55 Å². The van der Waals surface area contributed by atoms with Crippen molar-refractivity contribution in [2.75, 3.05) is 0 Å². The van der Waals surface area contributed by atoms with Crippen molar-refractivity contribution < 1.29 is 33.8 Å². The van der Waals surface area contributed by atoms with Crippen LogP contribution in [0.4, 0.5) is 0 Å². The van der Waals surface area contributed by atoms with Crippen molar-refractivity contribution in [2.45, 2.75) is 63.5 Å². The molecule has 0 amide bonds. The topological polar surface area (TPSA) is 153 Å². The van der Waals surface area contributed by atoms with Gasteiger partial charge in [-0.05, 0) is 25.7 Å². The van der Waals surface area contributed by atoms with Crippen LogP contribution in [0.2, 0.25) is 0 Å². The molecule has 1 heterocycles. The molecule has 1 aromatic rings. The molecular formula is C13H26N2O7P2. The molecule has 0 saturated heterocycles. The zero-order valence-corrected chi connectivity index (χ0v) is 15.4. The van der Waals surface area contributed by atoms with Crippen LogP contribution in [0.1, 0.15) is 51.3 Å². The highest BCUT2D eigenvalue weighted by Gasteiger charge is 2.58. The molecule has 9 nitrogen and oxygen atoms in total. The van der Waals surface area contributed by atoms with Gasteiger partial charge >= 0.3 is 15.2 Å². The Bertz CT molecular complexity index is 585. The average Bonchev–Trinajstić information content (AvgIpc) is 2.89. The first-order chi connectivity index (χ1) is 11.0. The van der Waals surface area contributed by atoms with Crippen LogP contribution in [0.3, 0.4) is 0 Å². The summed E-state index contributed by atoms with van der Waals surface area (Å²) in [5.41, 5.74) is 0. The summed E-state index contributed by atoms with van der Waals surface area (Å²) >= 11 is 0. The number of hydrogen-bond donors (Lipinski definition) is 5. The number of unbranched alkanes of at least 4 members (excludes halogenated alkanes) is 3. The molecule has 0 aliphatic heterocycles. The zero-order valence-electron chi connectivity index (χ0n) is 13.7. The monoisotopic (exact) mass is 384 g/mol. The summed E-state index contributed by atoms with van der Waals surface area (Å²) < 4.78 is 24.5. The van der Waals surface area contributed by atoms with Gasteiger partial charge in [0.05, 0.1) is 0 Å². The van der Waals surface area contributed by atoms with Crippen LogP contribution < -0.4 is 0 Å². The van der Waals surface area contributed by atoms with Crippen LogP contribution in [-0.2, 0) is 22.1 Å². The summed E-state index contributed by atoms with van der Waals surface area (Å²) in [7, 11) is -10.7. The Morgan fingerprint density at radius 1 is 1.08 bits per heavy atom. The number of aryl methyl sites for hydroxylation is 2. The van der Waals surface area contributed by atoms with Crippen LogP contribution in [0.5, 0.6) is 0 Å². The number of rotatable bonds is 11. The second-order valence-corrected chi connectivity index (χ2v) is 9.82. The van der Waals surface area contributed by atoms with E-state index in [4.69, 9.17) is 19.6 Å². The lowest BCUT2D eigenvalue weighted by Gasteiger charge is -2.29. The van der Waals surface area contributed by atoms with Gasteiger partial charge in [-0.3, -0.25) is 9.13 Å². The predicted octanol–water partition coefficient (Wildman–Crippen LogP) is 1.79. The van der Waals surface area contributed by atoms with Gasteiger partial charge in [-0.15, -0.1) is 0 Å². The van der Waals surface area contributed by atoms with E-state index < -0.39 is 26.7 Å². The lowest BCUT2D eigenvalue weighted by Crippen LogP contribution is -2.28. The molecule has 1 aromatic heterocycles. The number of aliphatic hydroxyl groups is 1. The van der Waals surface area contributed by atoms with Crippen LogP contribution >= 0.6 is 15.2 Å². The minimum atomic E-state index is -5.35. The Morgan fingerprint density at radius 2 is 1.71 bits per heavy atom. The Kier molecular flexibility index (Phi) is 7.81. The Morgan fingerprint density at radius 3 is 2.25 bits per heavy atom. The maximum atomic E-state index is 11.2. The fraction of sp³-hybridized carbons (Fsp3) is 0.769. The fourth-order valence-corrected chi connectivity index (χ4v) is 4.65. The molecule has 11 heteroatoms. The molecule has 5 N–H and O–H groups in total. The largest absolute Gasteiger partial charge is 0.369 e. The average molecular weight is 384 g/mol. The van der Waals surface area contributed by atoms with E-state index in [0.29, 0.717) is 19.4 Å². The highest BCUT2D eigenvalue weighted by molar-refractivity contribution is 7.72. The van der Waals surface area contributed by atoms with Gasteiger partial charge in [-0.2, -0.15) is 0 Å². The van der Waals surface area contributed by atoms with Crippen molar-refractivity contribution in [3.63, 3.8) is 0 Å². The quantitative estimate of drug-likeness (QED) is 0.286. The van der Waals surface area contributed by atoms with E-state index in [2.05, 4.69) is 11.9 Å². The third-order valence-electron chi connectivity index (χ3n) is 3.90. The molecule has 0 unspecified atom stereocenters. The molecule has 0 aromatic carbocycles. The molecule has 0 saturated carbocycles. The normalized spacial score (nSPS) is 13.4. The summed E-state index contributed by atoms with van der Waals surface area (Å²) in [6.07, 6.45) is 7.09.